The summed E-state index contributed by atoms with van der Waals surface area (Å²) in [4.78, 5) is 0. The third kappa shape index (κ3) is 3.71. The zero-order chi connectivity index (χ0) is 11.3. The minimum atomic E-state index is 0.497. The number of aromatic nitrogens is 2. The van der Waals surface area contributed by atoms with Crippen molar-refractivity contribution in [1.82, 2.24) is 9.78 Å². The standard InChI is InChI=1S/C12H19ClN2/c1-4-5-15-9-11(8-14-15)6-12(7-13)10(2)3/h6,8-10H,4-5,7H2,1-3H3/b12-6-. The summed E-state index contributed by atoms with van der Waals surface area (Å²) < 4.78 is 1.97. The molecule has 0 spiro atoms. The van der Waals surface area contributed by atoms with Gasteiger partial charge in [-0.05, 0) is 12.3 Å². The van der Waals surface area contributed by atoms with Gasteiger partial charge in [-0.1, -0.05) is 32.4 Å². The molecule has 0 aliphatic carbocycles. The van der Waals surface area contributed by atoms with Crippen molar-refractivity contribution in [2.75, 3.05) is 5.88 Å². The molecule has 0 atom stereocenters. The van der Waals surface area contributed by atoms with E-state index in [0.717, 1.165) is 18.5 Å². The van der Waals surface area contributed by atoms with Crippen molar-refractivity contribution in [2.45, 2.75) is 33.7 Å². The summed E-state index contributed by atoms with van der Waals surface area (Å²) in [5.41, 5.74) is 2.40. The van der Waals surface area contributed by atoms with Gasteiger partial charge in [0.1, 0.15) is 0 Å². The van der Waals surface area contributed by atoms with Crippen LogP contribution in [0.4, 0.5) is 0 Å². The van der Waals surface area contributed by atoms with Crippen LogP contribution in [-0.2, 0) is 6.54 Å². The number of allylic oxidation sites excluding steroid dienone is 1. The highest BCUT2D eigenvalue weighted by atomic mass is 35.5. The van der Waals surface area contributed by atoms with Crippen molar-refractivity contribution in [3.63, 3.8) is 0 Å². The van der Waals surface area contributed by atoms with Gasteiger partial charge in [0.25, 0.3) is 0 Å². The van der Waals surface area contributed by atoms with E-state index in [-0.39, 0.29) is 0 Å². The zero-order valence-electron chi connectivity index (χ0n) is 9.70. The molecule has 0 fully saturated rings. The molecule has 0 aliphatic heterocycles. The SMILES string of the molecule is CCCn1cc(/C=C(/CCl)C(C)C)cn1. The quantitative estimate of drug-likeness (QED) is 0.702. The lowest BCUT2D eigenvalue weighted by Crippen LogP contribution is -1.96. The minimum absolute atomic E-state index is 0.497. The van der Waals surface area contributed by atoms with Gasteiger partial charge in [0.15, 0.2) is 0 Å². The average Bonchev–Trinajstić information content (AvgIpc) is 2.62. The zero-order valence-corrected chi connectivity index (χ0v) is 10.5. The summed E-state index contributed by atoms with van der Waals surface area (Å²) in [7, 11) is 0. The second-order valence-corrected chi connectivity index (χ2v) is 4.31. The average molecular weight is 227 g/mol. The Morgan fingerprint density at radius 1 is 1.60 bits per heavy atom. The van der Waals surface area contributed by atoms with Crippen LogP contribution in [0.3, 0.4) is 0 Å². The Balaban J connectivity index is 2.77. The predicted molar refractivity (Wildman–Crippen MR) is 66.1 cm³/mol. The van der Waals surface area contributed by atoms with Gasteiger partial charge in [-0.2, -0.15) is 5.10 Å². The first-order chi connectivity index (χ1) is 7.17. The fraction of sp³-hybridized carbons (Fsp3) is 0.583. The Bertz CT molecular complexity index is 326. The summed E-state index contributed by atoms with van der Waals surface area (Å²) in [5, 5.41) is 4.28. The molecule has 15 heavy (non-hydrogen) atoms. The highest BCUT2D eigenvalue weighted by Crippen LogP contribution is 2.15. The summed E-state index contributed by atoms with van der Waals surface area (Å²) >= 11 is 5.88. The van der Waals surface area contributed by atoms with Gasteiger partial charge < -0.3 is 0 Å². The van der Waals surface area contributed by atoms with Crippen LogP contribution in [0.5, 0.6) is 0 Å². The maximum Gasteiger partial charge on any atom is 0.0562 e. The molecule has 0 aliphatic rings. The van der Waals surface area contributed by atoms with E-state index in [1.807, 2.05) is 10.9 Å². The van der Waals surface area contributed by atoms with E-state index in [4.69, 9.17) is 11.6 Å². The van der Waals surface area contributed by atoms with Crippen molar-refractivity contribution >= 4 is 17.7 Å². The number of nitrogens with zero attached hydrogens (tertiary/aromatic N) is 2. The predicted octanol–water partition coefficient (Wildman–Crippen LogP) is 3.57. The molecule has 0 saturated carbocycles. The Morgan fingerprint density at radius 3 is 2.87 bits per heavy atom. The van der Waals surface area contributed by atoms with E-state index < -0.39 is 0 Å². The molecular weight excluding hydrogens is 208 g/mol. The Labute approximate surface area is 96.9 Å². The molecule has 0 unspecified atom stereocenters. The summed E-state index contributed by atoms with van der Waals surface area (Å²) in [5.74, 6) is 1.09. The van der Waals surface area contributed by atoms with Crippen LogP contribution in [-0.4, -0.2) is 15.7 Å². The van der Waals surface area contributed by atoms with Gasteiger partial charge in [0.2, 0.25) is 0 Å². The van der Waals surface area contributed by atoms with Crippen molar-refractivity contribution in [1.29, 1.82) is 0 Å². The van der Waals surface area contributed by atoms with Gasteiger partial charge in [0, 0.05) is 24.2 Å². The van der Waals surface area contributed by atoms with Crippen molar-refractivity contribution in [3.8, 4) is 0 Å². The third-order valence-electron chi connectivity index (χ3n) is 2.35. The van der Waals surface area contributed by atoms with Crippen LogP contribution < -0.4 is 0 Å². The lowest BCUT2D eigenvalue weighted by atomic mass is 10.0. The van der Waals surface area contributed by atoms with Gasteiger partial charge in [0.05, 0.1) is 6.20 Å². The number of hydrogen-bond acceptors (Lipinski definition) is 1. The largest absolute Gasteiger partial charge is 0.272 e. The fourth-order valence-corrected chi connectivity index (χ4v) is 1.76. The van der Waals surface area contributed by atoms with Crippen LogP contribution in [0.2, 0.25) is 0 Å². The Kier molecular flexibility index (Phi) is 4.89. The minimum Gasteiger partial charge on any atom is -0.272 e. The number of alkyl halides is 1. The lowest BCUT2D eigenvalue weighted by molar-refractivity contribution is 0.602. The molecule has 1 rings (SSSR count). The summed E-state index contributed by atoms with van der Waals surface area (Å²) in [6.07, 6.45) is 7.21. The molecule has 0 bridgehead atoms. The van der Waals surface area contributed by atoms with E-state index in [0.29, 0.717) is 11.8 Å². The lowest BCUT2D eigenvalue weighted by Gasteiger charge is -2.06. The van der Waals surface area contributed by atoms with Crippen molar-refractivity contribution < 1.29 is 0 Å². The van der Waals surface area contributed by atoms with Gasteiger partial charge in [-0.15, -0.1) is 11.6 Å². The third-order valence-corrected chi connectivity index (χ3v) is 2.66. The van der Waals surface area contributed by atoms with E-state index in [2.05, 4.69) is 38.1 Å². The molecule has 0 amide bonds. The maximum absolute atomic E-state index is 5.88. The van der Waals surface area contributed by atoms with Crippen LogP contribution in [0.1, 0.15) is 32.8 Å². The van der Waals surface area contributed by atoms with Gasteiger partial charge in [-0.3, -0.25) is 4.68 Å². The monoisotopic (exact) mass is 226 g/mol. The second kappa shape index (κ2) is 5.96. The van der Waals surface area contributed by atoms with Crippen LogP contribution in [0.25, 0.3) is 6.08 Å². The van der Waals surface area contributed by atoms with Crippen LogP contribution in [0, 0.1) is 5.92 Å². The fourth-order valence-electron chi connectivity index (χ4n) is 1.38. The number of aryl methyl sites for hydroxylation is 1. The van der Waals surface area contributed by atoms with Gasteiger partial charge >= 0.3 is 0 Å². The van der Waals surface area contributed by atoms with E-state index in [9.17, 15) is 0 Å². The number of halogens is 1. The molecule has 0 radical (unpaired) electrons. The first-order valence-electron chi connectivity index (χ1n) is 5.46. The molecule has 1 aromatic heterocycles. The molecule has 0 saturated heterocycles. The molecule has 1 aromatic rings. The highest BCUT2D eigenvalue weighted by Gasteiger charge is 2.02. The van der Waals surface area contributed by atoms with Crippen molar-refractivity contribution in [3.05, 3.63) is 23.5 Å². The summed E-state index contributed by atoms with van der Waals surface area (Å²) in [6.45, 7) is 7.44. The molecule has 0 N–H and O–H groups in total. The number of rotatable bonds is 5. The molecule has 3 heteroatoms. The molecular formula is C12H19ClN2. The molecule has 0 aromatic carbocycles. The Hall–Kier alpha value is -0.760. The topological polar surface area (TPSA) is 17.8 Å². The van der Waals surface area contributed by atoms with E-state index in [1.54, 1.807) is 0 Å². The second-order valence-electron chi connectivity index (χ2n) is 4.04. The van der Waals surface area contributed by atoms with Crippen LogP contribution >= 0.6 is 11.6 Å². The maximum atomic E-state index is 5.88. The van der Waals surface area contributed by atoms with E-state index >= 15 is 0 Å². The molecule has 2 nitrogen and oxygen atoms in total. The normalized spacial score (nSPS) is 12.5. The highest BCUT2D eigenvalue weighted by molar-refractivity contribution is 6.19. The first kappa shape index (κ1) is 12.3. The smallest absolute Gasteiger partial charge is 0.0562 e. The molecule has 84 valence electrons. The first-order valence-corrected chi connectivity index (χ1v) is 5.99. The summed E-state index contributed by atoms with van der Waals surface area (Å²) in [6, 6.07) is 0. The van der Waals surface area contributed by atoms with E-state index in [1.165, 1.54) is 5.57 Å². The number of hydrogen-bond donors (Lipinski definition) is 0. The van der Waals surface area contributed by atoms with Crippen molar-refractivity contribution in [2.24, 2.45) is 5.92 Å². The van der Waals surface area contributed by atoms with Crippen LogP contribution in [0.15, 0.2) is 18.0 Å². The molecule has 1 heterocycles. The van der Waals surface area contributed by atoms with Gasteiger partial charge in [-0.25, -0.2) is 0 Å². The Morgan fingerprint density at radius 2 is 2.33 bits per heavy atom.